The van der Waals surface area contributed by atoms with Crippen molar-refractivity contribution in [1.29, 1.82) is 0 Å². The van der Waals surface area contributed by atoms with Crippen LogP contribution in [0.1, 0.15) is 35.7 Å². The summed E-state index contributed by atoms with van der Waals surface area (Å²) in [5.41, 5.74) is 1.64. The van der Waals surface area contributed by atoms with Crippen LogP contribution in [0.25, 0.3) is 0 Å². The Balaban J connectivity index is 1.82. The Bertz CT molecular complexity index is 746. The maximum Gasteiger partial charge on any atom is 0.252 e. The molecule has 0 spiro atoms. The molecule has 0 saturated carbocycles. The monoisotopic (exact) mass is 390 g/mol. The van der Waals surface area contributed by atoms with Gasteiger partial charge in [-0.25, -0.2) is 0 Å². The van der Waals surface area contributed by atoms with Crippen LogP contribution < -0.4 is 14.8 Å². The average Bonchev–Trinajstić information content (AvgIpc) is 3.23. The van der Waals surface area contributed by atoms with Gasteiger partial charge in [0.1, 0.15) is 0 Å². The van der Waals surface area contributed by atoms with E-state index in [9.17, 15) is 9.59 Å². The number of amides is 2. The molecule has 0 aliphatic heterocycles. The van der Waals surface area contributed by atoms with E-state index in [4.69, 9.17) is 9.47 Å². The fourth-order valence-corrected chi connectivity index (χ4v) is 3.31. The Hall–Kier alpha value is -2.54. The number of rotatable bonds is 10. The molecular weight excluding hydrogens is 364 g/mol. The van der Waals surface area contributed by atoms with Crippen molar-refractivity contribution < 1.29 is 19.1 Å². The van der Waals surface area contributed by atoms with Gasteiger partial charge in [-0.15, -0.1) is 0 Å². The Kier molecular flexibility index (Phi) is 8.13. The topological polar surface area (TPSA) is 67.9 Å². The molecule has 0 radical (unpaired) electrons. The van der Waals surface area contributed by atoms with Crippen molar-refractivity contribution in [1.82, 2.24) is 10.2 Å². The number of carbonyl (C=O) groups excluding carboxylic acids is 2. The molecule has 0 aliphatic carbocycles. The molecule has 2 rings (SSSR count). The average molecular weight is 391 g/mol. The normalized spacial score (nSPS) is 10.3. The minimum Gasteiger partial charge on any atom is -0.493 e. The van der Waals surface area contributed by atoms with Gasteiger partial charge in [0, 0.05) is 37.0 Å². The van der Waals surface area contributed by atoms with Gasteiger partial charge in [-0.1, -0.05) is 6.07 Å². The number of hydrogen-bond donors (Lipinski definition) is 1. The number of ether oxygens (including phenoxy) is 2. The molecule has 0 aliphatic rings. The SMILES string of the molecule is CCN(Cc1ccc(OC)c(OC)c1)C(=O)CCCNC(=O)c1ccsc1. The molecule has 1 aromatic carbocycles. The Morgan fingerprint density at radius 1 is 1.15 bits per heavy atom. The van der Waals surface area contributed by atoms with Crippen LogP contribution in [-0.2, 0) is 11.3 Å². The highest BCUT2D eigenvalue weighted by Crippen LogP contribution is 2.28. The molecule has 1 heterocycles. The second-order valence-corrected chi connectivity index (χ2v) is 6.75. The lowest BCUT2D eigenvalue weighted by Gasteiger charge is -2.21. The maximum atomic E-state index is 12.5. The Labute approximate surface area is 164 Å². The highest BCUT2D eigenvalue weighted by Gasteiger charge is 2.14. The van der Waals surface area contributed by atoms with E-state index >= 15 is 0 Å². The van der Waals surface area contributed by atoms with Crippen LogP contribution in [0.4, 0.5) is 0 Å². The molecule has 0 saturated heterocycles. The standard InChI is InChI=1S/C20H26N2O4S/c1-4-22(13-15-7-8-17(25-2)18(12-15)26-3)19(23)6-5-10-21-20(24)16-9-11-27-14-16/h7-9,11-12,14H,4-6,10,13H2,1-3H3,(H,21,24). The van der Waals surface area contributed by atoms with Crippen molar-refractivity contribution in [3.05, 3.63) is 46.2 Å². The molecule has 0 fully saturated rings. The molecule has 6 nitrogen and oxygen atoms in total. The van der Waals surface area contributed by atoms with Gasteiger partial charge in [-0.2, -0.15) is 11.3 Å². The Morgan fingerprint density at radius 3 is 2.56 bits per heavy atom. The largest absolute Gasteiger partial charge is 0.493 e. The zero-order chi connectivity index (χ0) is 19.6. The number of thiophene rings is 1. The fraction of sp³-hybridized carbons (Fsp3) is 0.400. The third-order valence-electron chi connectivity index (χ3n) is 4.19. The lowest BCUT2D eigenvalue weighted by molar-refractivity contribution is -0.131. The van der Waals surface area contributed by atoms with Gasteiger partial charge in [-0.3, -0.25) is 9.59 Å². The van der Waals surface area contributed by atoms with E-state index in [1.54, 1.807) is 25.2 Å². The number of nitrogens with one attached hydrogen (secondary N) is 1. The third kappa shape index (κ3) is 5.99. The second-order valence-electron chi connectivity index (χ2n) is 5.97. The summed E-state index contributed by atoms with van der Waals surface area (Å²) in [6.07, 6.45) is 1.00. The molecule has 0 unspecified atom stereocenters. The highest BCUT2D eigenvalue weighted by atomic mass is 32.1. The Morgan fingerprint density at radius 2 is 1.93 bits per heavy atom. The van der Waals surface area contributed by atoms with Crippen LogP contribution in [-0.4, -0.2) is 44.0 Å². The molecule has 0 atom stereocenters. The summed E-state index contributed by atoms with van der Waals surface area (Å²) in [7, 11) is 3.19. The first-order chi connectivity index (χ1) is 13.1. The molecule has 146 valence electrons. The molecule has 27 heavy (non-hydrogen) atoms. The summed E-state index contributed by atoms with van der Waals surface area (Å²) in [4.78, 5) is 26.2. The van der Waals surface area contributed by atoms with Crippen molar-refractivity contribution in [2.75, 3.05) is 27.3 Å². The molecule has 7 heteroatoms. The minimum absolute atomic E-state index is 0.0667. The van der Waals surface area contributed by atoms with Crippen molar-refractivity contribution in [3.8, 4) is 11.5 Å². The van der Waals surface area contributed by atoms with E-state index in [1.807, 2.05) is 35.9 Å². The molecule has 0 bridgehead atoms. The van der Waals surface area contributed by atoms with E-state index in [0.717, 1.165) is 5.56 Å². The van der Waals surface area contributed by atoms with Crippen LogP contribution in [0.3, 0.4) is 0 Å². The van der Waals surface area contributed by atoms with Gasteiger partial charge in [0.25, 0.3) is 5.91 Å². The van der Waals surface area contributed by atoms with Crippen LogP contribution in [0.15, 0.2) is 35.0 Å². The van der Waals surface area contributed by atoms with E-state index in [-0.39, 0.29) is 11.8 Å². The first kappa shape index (κ1) is 20.8. The predicted octanol–water partition coefficient (Wildman–Crippen LogP) is 3.32. The zero-order valence-corrected chi connectivity index (χ0v) is 16.8. The predicted molar refractivity (Wildman–Crippen MR) is 107 cm³/mol. The van der Waals surface area contributed by atoms with Gasteiger partial charge in [0.05, 0.1) is 14.2 Å². The molecule has 1 aromatic heterocycles. The van der Waals surface area contributed by atoms with Crippen LogP contribution in [0.5, 0.6) is 11.5 Å². The smallest absolute Gasteiger partial charge is 0.252 e. The van der Waals surface area contributed by atoms with Crippen LogP contribution in [0, 0.1) is 0 Å². The van der Waals surface area contributed by atoms with Gasteiger partial charge in [0.2, 0.25) is 5.91 Å². The lowest BCUT2D eigenvalue weighted by atomic mass is 10.1. The fourth-order valence-electron chi connectivity index (χ4n) is 2.67. The van der Waals surface area contributed by atoms with E-state index in [2.05, 4.69) is 5.32 Å². The van der Waals surface area contributed by atoms with Crippen molar-refractivity contribution >= 4 is 23.2 Å². The summed E-state index contributed by atoms with van der Waals surface area (Å²) in [5, 5.41) is 6.52. The van der Waals surface area contributed by atoms with E-state index in [1.165, 1.54) is 11.3 Å². The highest BCUT2D eigenvalue weighted by molar-refractivity contribution is 7.08. The van der Waals surface area contributed by atoms with Gasteiger partial charge in [0.15, 0.2) is 11.5 Å². The third-order valence-corrected chi connectivity index (χ3v) is 4.88. The number of nitrogens with zero attached hydrogens (tertiary/aromatic N) is 1. The number of methoxy groups -OCH3 is 2. The first-order valence-corrected chi connectivity index (χ1v) is 9.82. The van der Waals surface area contributed by atoms with Gasteiger partial charge in [-0.05, 0) is 42.5 Å². The van der Waals surface area contributed by atoms with Crippen LogP contribution in [0.2, 0.25) is 0 Å². The maximum absolute atomic E-state index is 12.5. The molecular formula is C20H26N2O4S. The molecule has 2 amide bonds. The van der Waals surface area contributed by atoms with Gasteiger partial charge >= 0.3 is 0 Å². The van der Waals surface area contributed by atoms with Crippen molar-refractivity contribution in [2.24, 2.45) is 0 Å². The summed E-state index contributed by atoms with van der Waals surface area (Å²) < 4.78 is 10.6. The minimum atomic E-state index is -0.0959. The van der Waals surface area contributed by atoms with Crippen molar-refractivity contribution in [3.63, 3.8) is 0 Å². The number of benzene rings is 1. The zero-order valence-electron chi connectivity index (χ0n) is 16.0. The lowest BCUT2D eigenvalue weighted by Crippen LogP contribution is -2.31. The summed E-state index contributed by atoms with van der Waals surface area (Å²) in [6.45, 7) is 3.57. The second kappa shape index (κ2) is 10.6. The van der Waals surface area contributed by atoms with E-state index in [0.29, 0.717) is 49.5 Å². The van der Waals surface area contributed by atoms with E-state index < -0.39 is 0 Å². The van der Waals surface area contributed by atoms with Crippen LogP contribution >= 0.6 is 11.3 Å². The summed E-state index contributed by atoms with van der Waals surface area (Å²) >= 11 is 1.49. The molecule has 2 aromatic rings. The number of carbonyl (C=O) groups is 2. The van der Waals surface area contributed by atoms with Crippen molar-refractivity contribution in [2.45, 2.75) is 26.3 Å². The molecule has 1 N–H and O–H groups in total. The number of hydrogen-bond acceptors (Lipinski definition) is 5. The summed E-state index contributed by atoms with van der Waals surface area (Å²) in [5.74, 6) is 1.28. The quantitative estimate of drug-likeness (QED) is 0.632. The van der Waals surface area contributed by atoms with Gasteiger partial charge < -0.3 is 19.7 Å². The first-order valence-electron chi connectivity index (χ1n) is 8.88. The summed E-state index contributed by atoms with van der Waals surface area (Å²) in [6, 6.07) is 7.44.